The van der Waals surface area contributed by atoms with E-state index in [0.717, 1.165) is 32.4 Å². The number of piperidine rings is 1. The molecule has 29 heavy (non-hydrogen) atoms. The molecule has 1 aromatic heterocycles. The van der Waals surface area contributed by atoms with Gasteiger partial charge in [0.1, 0.15) is 5.69 Å². The molecule has 8 heteroatoms. The van der Waals surface area contributed by atoms with E-state index in [0.29, 0.717) is 38.2 Å². The first-order chi connectivity index (χ1) is 13.8. The minimum absolute atomic E-state index is 0.00317. The summed E-state index contributed by atoms with van der Waals surface area (Å²) in [5, 5.41) is 18.5. The van der Waals surface area contributed by atoms with Gasteiger partial charge in [-0.05, 0) is 52.0 Å². The zero-order chi connectivity index (χ0) is 21.0. The van der Waals surface area contributed by atoms with Crippen molar-refractivity contribution in [2.75, 3.05) is 32.7 Å². The van der Waals surface area contributed by atoms with Gasteiger partial charge >= 0.3 is 0 Å². The molecule has 0 radical (unpaired) electrons. The van der Waals surface area contributed by atoms with Gasteiger partial charge in [-0.1, -0.05) is 0 Å². The Kier molecular flexibility index (Phi) is 6.95. The van der Waals surface area contributed by atoms with Crippen LogP contribution in [0.5, 0.6) is 0 Å². The molecule has 0 aromatic carbocycles. The van der Waals surface area contributed by atoms with Crippen molar-refractivity contribution in [3.05, 3.63) is 18.0 Å². The second-order valence-corrected chi connectivity index (χ2v) is 8.88. The highest BCUT2D eigenvalue weighted by atomic mass is 16.3. The number of hydrogen-bond acceptors (Lipinski definition) is 5. The van der Waals surface area contributed by atoms with E-state index < -0.39 is 5.60 Å². The largest absolute Gasteiger partial charge is 0.388 e. The van der Waals surface area contributed by atoms with E-state index in [2.05, 4.69) is 15.3 Å². The van der Waals surface area contributed by atoms with Crippen LogP contribution in [-0.2, 0) is 4.79 Å². The summed E-state index contributed by atoms with van der Waals surface area (Å²) < 4.78 is 1.76. The van der Waals surface area contributed by atoms with Crippen molar-refractivity contribution < 1.29 is 14.7 Å². The van der Waals surface area contributed by atoms with Gasteiger partial charge < -0.3 is 20.2 Å². The molecule has 2 aliphatic heterocycles. The average Bonchev–Trinajstić information content (AvgIpc) is 3.07. The predicted octanol–water partition coefficient (Wildman–Crippen LogP) is 1.42. The van der Waals surface area contributed by atoms with Gasteiger partial charge in [-0.3, -0.25) is 14.3 Å². The molecule has 3 rings (SSSR count). The second-order valence-electron chi connectivity index (χ2n) is 8.88. The molecular formula is C21H35N5O3. The maximum Gasteiger partial charge on any atom is 0.272 e. The summed E-state index contributed by atoms with van der Waals surface area (Å²) >= 11 is 0. The second kappa shape index (κ2) is 9.26. The Morgan fingerprint density at radius 3 is 2.62 bits per heavy atom. The minimum Gasteiger partial charge on any atom is -0.388 e. The van der Waals surface area contributed by atoms with Crippen molar-refractivity contribution in [1.82, 2.24) is 24.9 Å². The van der Waals surface area contributed by atoms with Gasteiger partial charge in [-0.15, -0.1) is 0 Å². The van der Waals surface area contributed by atoms with Crippen LogP contribution >= 0.6 is 0 Å². The van der Waals surface area contributed by atoms with E-state index in [9.17, 15) is 14.7 Å². The van der Waals surface area contributed by atoms with Crippen LogP contribution in [-0.4, -0.2) is 80.9 Å². The lowest BCUT2D eigenvalue weighted by Gasteiger charge is -2.38. The summed E-state index contributed by atoms with van der Waals surface area (Å²) in [7, 11) is 0. The van der Waals surface area contributed by atoms with E-state index in [1.165, 1.54) is 0 Å². The summed E-state index contributed by atoms with van der Waals surface area (Å²) in [5.74, 6) is 0.0194. The van der Waals surface area contributed by atoms with Crippen LogP contribution in [0, 0.1) is 0 Å². The molecule has 162 valence electrons. The van der Waals surface area contributed by atoms with Gasteiger partial charge in [0.05, 0.1) is 5.60 Å². The number of aromatic nitrogens is 2. The number of carbonyl (C=O) groups is 2. The quantitative estimate of drug-likeness (QED) is 0.773. The Morgan fingerprint density at radius 2 is 1.97 bits per heavy atom. The van der Waals surface area contributed by atoms with Crippen molar-refractivity contribution in [3.63, 3.8) is 0 Å². The predicted molar refractivity (Wildman–Crippen MR) is 111 cm³/mol. The molecule has 8 nitrogen and oxygen atoms in total. The molecule has 0 aliphatic carbocycles. The number of β-amino-alcohol motifs (C(OH)–C–C–N with tert-alkyl or cyclic N) is 1. The van der Waals surface area contributed by atoms with Crippen LogP contribution in [0.1, 0.15) is 69.4 Å². The van der Waals surface area contributed by atoms with Crippen LogP contribution in [0.25, 0.3) is 0 Å². The van der Waals surface area contributed by atoms with Crippen LogP contribution < -0.4 is 5.32 Å². The Hall–Kier alpha value is -1.93. The molecule has 0 unspecified atom stereocenters. The first-order valence-corrected chi connectivity index (χ1v) is 10.8. The van der Waals surface area contributed by atoms with E-state index >= 15 is 0 Å². The number of carbonyl (C=O) groups excluding carboxylic acids is 2. The van der Waals surface area contributed by atoms with Crippen LogP contribution in [0.3, 0.4) is 0 Å². The third kappa shape index (κ3) is 5.57. The number of aliphatic hydroxyl groups is 1. The SMILES string of the molecule is CC(=O)NC1CCN(C[C@@]2(O)CCCN(C(=O)c3ccnn3C(C)C)CC2)CC1. The smallest absolute Gasteiger partial charge is 0.272 e. The number of amides is 2. The third-order valence-corrected chi connectivity index (χ3v) is 6.10. The topological polar surface area (TPSA) is 90.7 Å². The van der Waals surface area contributed by atoms with Crippen LogP contribution in [0.4, 0.5) is 0 Å². The standard InChI is InChI=1S/C21H35N5O3/c1-16(2)26-19(5-10-22-26)20(28)25-11-4-8-21(29,9-14-25)15-24-12-6-18(7-13-24)23-17(3)27/h5,10,16,18,29H,4,6-9,11-15H2,1-3H3,(H,23,27)/t21-/m1/s1. The molecule has 2 aliphatic rings. The average molecular weight is 406 g/mol. The van der Waals surface area contributed by atoms with Crippen molar-refractivity contribution in [2.24, 2.45) is 0 Å². The number of nitrogens with zero attached hydrogens (tertiary/aromatic N) is 4. The van der Waals surface area contributed by atoms with E-state index in [1.807, 2.05) is 18.7 Å². The number of rotatable bonds is 5. The fourth-order valence-electron chi connectivity index (χ4n) is 4.54. The van der Waals surface area contributed by atoms with E-state index in [-0.39, 0.29) is 23.9 Å². The van der Waals surface area contributed by atoms with Crippen molar-refractivity contribution >= 4 is 11.8 Å². The Labute approximate surface area is 173 Å². The molecule has 2 fully saturated rings. The van der Waals surface area contributed by atoms with Crippen molar-refractivity contribution in [3.8, 4) is 0 Å². The molecule has 2 saturated heterocycles. The summed E-state index contributed by atoms with van der Waals surface area (Å²) in [6.45, 7) is 9.19. The molecule has 0 saturated carbocycles. The summed E-state index contributed by atoms with van der Waals surface area (Å²) in [6.07, 6.45) is 5.58. The summed E-state index contributed by atoms with van der Waals surface area (Å²) in [5.41, 5.74) is -0.153. The molecule has 1 aromatic rings. The summed E-state index contributed by atoms with van der Waals surface area (Å²) in [6, 6.07) is 2.15. The van der Waals surface area contributed by atoms with Gasteiger partial charge in [0, 0.05) is 57.9 Å². The van der Waals surface area contributed by atoms with Gasteiger partial charge in [-0.25, -0.2) is 0 Å². The molecule has 1 atom stereocenters. The zero-order valence-electron chi connectivity index (χ0n) is 17.9. The molecule has 0 spiro atoms. The first-order valence-electron chi connectivity index (χ1n) is 10.8. The van der Waals surface area contributed by atoms with Crippen molar-refractivity contribution in [2.45, 2.75) is 70.6 Å². The van der Waals surface area contributed by atoms with Gasteiger partial charge in [0.2, 0.25) is 5.91 Å². The fraction of sp³-hybridized carbons (Fsp3) is 0.762. The lowest BCUT2D eigenvalue weighted by Crippen LogP contribution is -2.50. The summed E-state index contributed by atoms with van der Waals surface area (Å²) in [4.78, 5) is 28.4. The number of nitrogens with one attached hydrogen (secondary N) is 1. The number of hydrogen-bond donors (Lipinski definition) is 2. The molecule has 0 bridgehead atoms. The highest BCUT2D eigenvalue weighted by Gasteiger charge is 2.35. The monoisotopic (exact) mass is 405 g/mol. The van der Waals surface area contributed by atoms with Gasteiger partial charge in [-0.2, -0.15) is 5.10 Å². The lowest BCUT2D eigenvalue weighted by molar-refractivity contribution is -0.120. The first kappa shape index (κ1) is 21.8. The van der Waals surface area contributed by atoms with E-state index in [1.54, 1.807) is 23.9 Å². The highest BCUT2D eigenvalue weighted by molar-refractivity contribution is 5.92. The third-order valence-electron chi connectivity index (χ3n) is 6.10. The molecular weight excluding hydrogens is 370 g/mol. The maximum atomic E-state index is 13.0. The number of likely N-dealkylation sites (tertiary alicyclic amines) is 2. The van der Waals surface area contributed by atoms with Gasteiger partial charge in [0.25, 0.3) is 5.91 Å². The minimum atomic E-state index is -0.770. The fourth-order valence-corrected chi connectivity index (χ4v) is 4.54. The Balaban J connectivity index is 1.54. The Morgan fingerprint density at radius 1 is 1.24 bits per heavy atom. The zero-order valence-corrected chi connectivity index (χ0v) is 17.9. The normalized spacial score (nSPS) is 24.5. The maximum absolute atomic E-state index is 13.0. The van der Waals surface area contributed by atoms with Crippen LogP contribution in [0.2, 0.25) is 0 Å². The molecule has 2 amide bonds. The van der Waals surface area contributed by atoms with Crippen molar-refractivity contribution in [1.29, 1.82) is 0 Å². The van der Waals surface area contributed by atoms with Crippen LogP contribution in [0.15, 0.2) is 12.3 Å². The van der Waals surface area contributed by atoms with E-state index in [4.69, 9.17) is 0 Å². The van der Waals surface area contributed by atoms with Gasteiger partial charge in [0.15, 0.2) is 0 Å². The Bertz CT molecular complexity index is 711. The highest BCUT2D eigenvalue weighted by Crippen LogP contribution is 2.26. The lowest BCUT2D eigenvalue weighted by atomic mass is 9.93. The molecule has 2 N–H and O–H groups in total. The molecule has 3 heterocycles.